The molecule has 0 aliphatic heterocycles. The summed E-state index contributed by atoms with van der Waals surface area (Å²) in [5, 5.41) is 5.70. The van der Waals surface area contributed by atoms with Crippen LogP contribution in [0.4, 0.5) is 21.9 Å². The Balaban J connectivity index is 1.67. The van der Waals surface area contributed by atoms with Gasteiger partial charge in [0.1, 0.15) is 11.4 Å². The predicted molar refractivity (Wildman–Crippen MR) is 135 cm³/mol. The molecule has 0 radical (unpaired) electrons. The van der Waals surface area contributed by atoms with Crippen LogP contribution in [0.25, 0.3) is 0 Å². The number of nitrogens with two attached hydrogens (primary N) is 1. The third-order valence-corrected chi connectivity index (χ3v) is 5.28. The Morgan fingerprint density at radius 2 is 1.85 bits per heavy atom. The van der Waals surface area contributed by atoms with Crippen molar-refractivity contribution in [2.75, 3.05) is 30.0 Å². The minimum atomic E-state index is -0.347. The third-order valence-electron chi connectivity index (χ3n) is 5.28. The highest BCUT2D eigenvalue weighted by atomic mass is 16.5. The van der Waals surface area contributed by atoms with Crippen molar-refractivity contribution in [3.63, 3.8) is 0 Å². The fraction of sp³-hybridized carbons (Fsp3) is 0.269. The van der Waals surface area contributed by atoms with E-state index in [1.807, 2.05) is 24.3 Å². The zero-order valence-electron chi connectivity index (χ0n) is 19.6. The zero-order chi connectivity index (χ0) is 24.3. The van der Waals surface area contributed by atoms with Crippen LogP contribution in [0.5, 0.6) is 5.75 Å². The minimum absolute atomic E-state index is 0.203. The zero-order valence-corrected chi connectivity index (χ0v) is 19.6. The van der Waals surface area contributed by atoms with Gasteiger partial charge in [-0.15, -0.1) is 0 Å². The standard InChI is InChI=1S/C26H31N5O3/c1-3-4-7-15-31(26(33)29-20-9-8-10-21(16-20)34-2)18-19-13-14-24(28-17-19)25(32)30-23-12-6-5-11-22(23)27/h5-6,8-14,16-17H,3-4,7,15,18,27H2,1-2H3,(H,29,33)(H,30,32). The molecule has 1 heterocycles. The molecular weight excluding hydrogens is 430 g/mol. The fourth-order valence-corrected chi connectivity index (χ4v) is 3.38. The molecule has 178 valence electrons. The van der Waals surface area contributed by atoms with Crippen molar-refractivity contribution in [1.82, 2.24) is 9.88 Å². The van der Waals surface area contributed by atoms with Crippen LogP contribution in [0.3, 0.4) is 0 Å². The fourth-order valence-electron chi connectivity index (χ4n) is 3.38. The highest BCUT2D eigenvalue weighted by molar-refractivity contribution is 6.04. The van der Waals surface area contributed by atoms with Crippen molar-refractivity contribution in [3.8, 4) is 5.75 Å². The Kier molecular flexibility index (Phi) is 8.85. The molecule has 0 saturated carbocycles. The van der Waals surface area contributed by atoms with Gasteiger partial charge < -0.3 is 26.0 Å². The lowest BCUT2D eigenvalue weighted by Crippen LogP contribution is -2.35. The van der Waals surface area contributed by atoms with Crippen molar-refractivity contribution in [2.45, 2.75) is 32.7 Å². The second-order valence-corrected chi connectivity index (χ2v) is 7.88. The SMILES string of the molecule is CCCCCN(Cc1ccc(C(=O)Nc2ccccc2N)nc1)C(=O)Nc1cccc(OC)c1. The molecule has 0 spiro atoms. The first kappa shape index (κ1) is 24.6. The topological polar surface area (TPSA) is 110 Å². The van der Waals surface area contributed by atoms with Crippen LogP contribution in [0, 0.1) is 0 Å². The number of rotatable bonds is 10. The van der Waals surface area contributed by atoms with E-state index < -0.39 is 0 Å². The quantitative estimate of drug-likeness (QED) is 0.286. The van der Waals surface area contributed by atoms with Crippen LogP contribution in [0.15, 0.2) is 66.9 Å². The summed E-state index contributed by atoms with van der Waals surface area (Å²) in [7, 11) is 1.59. The van der Waals surface area contributed by atoms with Gasteiger partial charge in [0.2, 0.25) is 0 Å². The number of urea groups is 1. The second kappa shape index (κ2) is 12.2. The Morgan fingerprint density at radius 3 is 2.56 bits per heavy atom. The second-order valence-electron chi connectivity index (χ2n) is 7.88. The lowest BCUT2D eigenvalue weighted by Gasteiger charge is -2.23. The summed E-state index contributed by atoms with van der Waals surface area (Å²) in [4.78, 5) is 31.6. The first-order valence-electron chi connectivity index (χ1n) is 11.3. The molecule has 3 amide bonds. The average Bonchev–Trinajstić information content (AvgIpc) is 2.85. The number of anilines is 3. The number of aromatic nitrogens is 1. The largest absolute Gasteiger partial charge is 0.497 e. The van der Waals surface area contributed by atoms with E-state index in [2.05, 4.69) is 22.5 Å². The molecule has 3 aromatic rings. The van der Waals surface area contributed by atoms with Gasteiger partial charge in [-0.2, -0.15) is 0 Å². The number of ether oxygens (including phenoxy) is 1. The number of methoxy groups -OCH3 is 1. The van der Waals surface area contributed by atoms with Gasteiger partial charge in [0.05, 0.1) is 18.5 Å². The molecule has 1 aromatic heterocycles. The Hall–Kier alpha value is -4.07. The highest BCUT2D eigenvalue weighted by Gasteiger charge is 2.16. The number of amides is 3. The van der Waals surface area contributed by atoms with Crippen LogP contribution < -0.4 is 21.1 Å². The number of hydrogen-bond acceptors (Lipinski definition) is 5. The van der Waals surface area contributed by atoms with Crippen LogP contribution in [-0.4, -0.2) is 35.5 Å². The molecule has 0 atom stereocenters. The van der Waals surface area contributed by atoms with E-state index >= 15 is 0 Å². The van der Waals surface area contributed by atoms with E-state index in [1.54, 1.807) is 54.6 Å². The minimum Gasteiger partial charge on any atom is -0.497 e. The molecule has 3 rings (SSSR count). The van der Waals surface area contributed by atoms with Gasteiger partial charge in [-0.05, 0) is 42.3 Å². The average molecular weight is 462 g/mol. The summed E-state index contributed by atoms with van der Waals surface area (Å²) in [5.41, 5.74) is 8.67. The number of pyridine rings is 1. The smallest absolute Gasteiger partial charge is 0.322 e. The highest BCUT2D eigenvalue weighted by Crippen LogP contribution is 2.19. The molecule has 0 fully saturated rings. The van der Waals surface area contributed by atoms with Crippen molar-refractivity contribution in [3.05, 3.63) is 78.1 Å². The van der Waals surface area contributed by atoms with Crippen LogP contribution in [0.2, 0.25) is 0 Å². The maximum atomic E-state index is 13.0. The van der Waals surface area contributed by atoms with Gasteiger partial charge in [-0.25, -0.2) is 4.79 Å². The summed E-state index contributed by atoms with van der Waals surface area (Å²) in [6, 6.07) is 17.5. The molecular formula is C26H31N5O3. The molecule has 0 aliphatic rings. The van der Waals surface area contributed by atoms with Crippen LogP contribution >= 0.6 is 0 Å². The molecule has 8 nitrogen and oxygen atoms in total. The number of nitrogens with one attached hydrogen (secondary N) is 2. The lowest BCUT2D eigenvalue weighted by atomic mass is 10.2. The number of para-hydroxylation sites is 2. The molecule has 0 aliphatic carbocycles. The maximum Gasteiger partial charge on any atom is 0.322 e. The summed E-state index contributed by atoms with van der Waals surface area (Å²) in [6.07, 6.45) is 4.61. The van der Waals surface area contributed by atoms with E-state index in [1.165, 1.54) is 0 Å². The van der Waals surface area contributed by atoms with Gasteiger partial charge in [0.15, 0.2) is 0 Å². The van der Waals surface area contributed by atoms with E-state index in [-0.39, 0.29) is 17.6 Å². The number of nitrogens with zero attached hydrogens (tertiary/aromatic N) is 2. The summed E-state index contributed by atoms with van der Waals surface area (Å²) in [6.45, 7) is 3.11. The maximum absolute atomic E-state index is 13.0. The van der Waals surface area contributed by atoms with Crippen molar-refractivity contribution in [1.29, 1.82) is 0 Å². The van der Waals surface area contributed by atoms with Crippen LogP contribution in [-0.2, 0) is 6.54 Å². The van der Waals surface area contributed by atoms with E-state index in [0.717, 1.165) is 24.8 Å². The molecule has 0 bridgehead atoms. The summed E-state index contributed by atoms with van der Waals surface area (Å²) in [5.74, 6) is 0.325. The lowest BCUT2D eigenvalue weighted by molar-refractivity contribution is 0.102. The number of carbonyl (C=O) groups is 2. The molecule has 2 aromatic carbocycles. The van der Waals surface area contributed by atoms with Gasteiger partial charge in [0, 0.05) is 31.0 Å². The Morgan fingerprint density at radius 1 is 1.03 bits per heavy atom. The number of carbonyl (C=O) groups excluding carboxylic acids is 2. The summed E-state index contributed by atoms with van der Waals surface area (Å²) < 4.78 is 5.23. The van der Waals surface area contributed by atoms with Crippen molar-refractivity contribution < 1.29 is 14.3 Å². The molecule has 4 N–H and O–H groups in total. The monoisotopic (exact) mass is 461 g/mol. The number of benzene rings is 2. The predicted octanol–water partition coefficient (Wildman–Crippen LogP) is 5.15. The number of nitrogen functional groups attached to an aromatic ring is 1. The molecule has 8 heteroatoms. The number of unbranched alkanes of at least 4 members (excludes halogenated alkanes) is 2. The first-order valence-corrected chi connectivity index (χ1v) is 11.3. The third kappa shape index (κ3) is 6.96. The van der Waals surface area contributed by atoms with Gasteiger partial charge in [0.25, 0.3) is 5.91 Å². The van der Waals surface area contributed by atoms with Gasteiger partial charge in [-0.3, -0.25) is 9.78 Å². The molecule has 0 saturated heterocycles. The van der Waals surface area contributed by atoms with E-state index in [4.69, 9.17) is 10.5 Å². The Labute approximate surface area is 200 Å². The van der Waals surface area contributed by atoms with Crippen molar-refractivity contribution in [2.24, 2.45) is 0 Å². The summed E-state index contributed by atoms with van der Waals surface area (Å²) >= 11 is 0. The molecule has 0 unspecified atom stereocenters. The van der Waals surface area contributed by atoms with Gasteiger partial charge in [-0.1, -0.05) is 44.0 Å². The van der Waals surface area contributed by atoms with Crippen molar-refractivity contribution >= 4 is 29.0 Å². The first-order chi connectivity index (χ1) is 16.5. The Bertz CT molecular complexity index is 1100. The van der Waals surface area contributed by atoms with Gasteiger partial charge >= 0.3 is 6.03 Å². The molecule has 34 heavy (non-hydrogen) atoms. The normalized spacial score (nSPS) is 10.4. The van der Waals surface area contributed by atoms with E-state index in [9.17, 15) is 9.59 Å². The van der Waals surface area contributed by atoms with Crippen LogP contribution in [0.1, 0.15) is 42.2 Å². The van der Waals surface area contributed by atoms with E-state index in [0.29, 0.717) is 35.9 Å². The number of hydrogen-bond donors (Lipinski definition) is 3.